The van der Waals surface area contributed by atoms with Crippen molar-refractivity contribution in [2.75, 3.05) is 18.6 Å². The van der Waals surface area contributed by atoms with E-state index in [4.69, 9.17) is 4.74 Å². The van der Waals surface area contributed by atoms with Crippen molar-refractivity contribution in [1.29, 1.82) is 0 Å². The van der Waals surface area contributed by atoms with Gasteiger partial charge in [0.15, 0.2) is 0 Å². The second-order valence-corrected chi connectivity index (χ2v) is 12.6. The number of carbonyl (C=O) groups excluding carboxylic acids is 1. The van der Waals surface area contributed by atoms with Crippen LogP contribution in [0.5, 0.6) is 0 Å². The van der Waals surface area contributed by atoms with Crippen molar-refractivity contribution < 1.29 is 27.6 Å². The molecule has 0 aliphatic carbocycles. The number of halogens is 1. The third-order valence-corrected chi connectivity index (χ3v) is 8.14. The van der Waals surface area contributed by atoms with Crippen molar-refractivity contribution in [3.8, 4) is 11.1 Å². The van der Waals surface area contributed by atoms with Gasteiger partial charge >= 0.3 is 6.09 Å². The molecule has 0 fully saturated rings. The van der Waals surface area contributed by atoms with Crippen molar-refractivity contribution in [2.24, 2.45) is 0 Å². The van der Waals surface area contributed by atoms with E-state index in [0.717, 1.165) is 11.1 Å². The van der Waals surface area contributed by atoms with Crippen LogP contribution in [0.25, 0.3) is 22.0 Å². The maximum Gasteiger partial charge on any atom is 0.419 e. The van der Waals surface area contributed by atoms with Gasteiger partial charge in [0, 0.05) is 23.7 Å². The van der Waals surface area contributed by atoms with E-state index >= 15 is 0 Å². The van der Waals surface area contributed by atoms with Crippen molar-refractivity contribution in [3.63, 3.8) is 0 Å². The summed E-state index contributed by atoms with van der Waals surface area (Å²) < 4.78 is 55.3. The predicted octanol–water partition coefficient (Wildman–Crippen LogP) is 5.45. The minimum Gasteiger partial charge on any atom is -0.617 e. The second kappa shape index (κ2) is 8.61. The molecular formula is C23H27FN2O5S2. The molecule has 1 atom stereocenters. The van der Waals surface area contributed by atoms with Gasteiger partial charge in [-0.25, -0.2) is 9.18 Å². The molecule has 1 aliphatic heterocycles. The average Bonchev–Trinajstić information content (AvgIpc) is 3.19. The number of fused-ring (bicyclic) bond motifs is 2. The van der Waals surface area contributed by atoms with Gasteiger partial charge in [0.2, 0.25) is 0 Å². The first kappa shape index (κ1) is 24.1. The molecule has 33 heavy (non-hydrogen) atoms. The number of nitrogens with zero attached hydrogens (tertiary/aromatic N) is 2. The summed E-state index contributed by atoms with van der Waals surface area (Å²) in [5.74, 6) is -0.130. The maximum absolute atomic E-state index is 14.0. The number of hydrogen-bond donors (Lipinski definition) is 2. The van der Waals surface area contributed by atoms with Gasteiger partial charge in [0.1, 0.15) is 17.2 Å². The van der Waals surface area contributed by atoms with Crippen LogP contribution in [0.3, 0.4) is 0 Å². The van der Waals surface area contributed by atoms with Crippen LogP contribution in [0.2, 0.25) is 0 Å². The molecule has 2 aromatic carbocycles. The Morgan fingerprint density at radius 2 is 1.97 bits per heavy atom. The van der Waals surface area contributed by atoms with Gasteiger partial charge in [0.05, 0.1) is 23.2 Å². The Morgan fingerprint density at radius 1 is 1.24 bits per heavy atom. The zero-order chi connectivity index (χ0) is 24.1. The molecule has 178 valence electrons. The average molecular weight is 495 g/mol. The number of benzene rings is 2. The Morgan fingerprint density at radius 3 is 2.64 bits per heavy atom. The van der Waals surface area contributed by atoms with Crippen LogP contribution < -0.4 is 0 Å². The first-order valence-corrected chi connectivity index (χ1v) is 13.6. The highest BCUT2D eigenvalue weighted by Gasteiger charge is 2.35. The molecule has 0 bridgehead atoms. The van der Waals surface area contributed by atoms with Gasteiger partial charge in [-0.15, -0.1) is 10.8 Å². The summed E-state index contributed by atoms with van der Waals surface area (Å²) in [6.45, 7) is 5.89. The van der Waals surface area contributed by atoms with E-state index in [1.54, 1.807) is 55.7 Å². The summed E-state index contributed by atoms with van der Waals surface area (Å²) in [6, 6.07) is 9.52. The van der Waals surface area contributed by atoms with Crippen LogP contribution >= 0.6 is 10.8 Å². The van der Waals surface area contributed by atoms with Crippen LogP contribution in [0.1, 0.15) is 26.3 Å². The Bertz CT molecular complexity index is 1220. The van der Waals surface area contributed by atoms with E-state index in [1.807, 2.05) is 6.07 Å². The molecule has 0 amide bonds. The largest absolute Gasteiger partial charge is 0.617 e. The zero-order valence-corrected chi connectivity index (χ0v) is 20.5. The molecular weight excluding hydrogens is 467 g/mol. The molecule has 0 spiro atoms. The van der Waals surface area contributed by atoms with E-state index in [2.05, 4.69) is 0 Å². The van der Waals surface area contributed by atoms with Crippen molar-refractivity contribution in [2.45, 2.75) is 37.8 Å². The fraction of sp³-hybridized carbons (Fsp3) is 0.348. The molecule has 1 aromatic heterocycles. The summed E-state index contributed by atoms with van der Waals surface area (Å²) in [7, 11) is -3.15. The molecule has 4 rings (SSSR count). The number of aromatic nitrogens is 1. The standard InChI is InChI=1S/C23H27FN2O5S2/c1-23(2,3)31-22(27)26-14-19(18-7-6-17(24)12-20(18)26)15-5-8-21-16(11-15)13-25(33(21,29)30)9-10-32(4)28/h5-8,11-12,14,29-30H,9-10,13H2,1-4H3. The number of rotatable bonds is 4. The van der Waals surface area contributed by atoms with Gasteiger partial charge in [-0.1, -0.05) is 17.2 Å². The normalized spacial score (nSPS) is 17.7. The first-order chi connectivity index (χ1) is 15.4. The van der Waals surface area contributed by atoms with Crippen molar-refractivity contribution >= 4 is 38.9 Å². The molecule has 0 saturated heterocycles. The zero-order valence-electron chi connectivity index (χ0n) is 18.9. The van der Waals surface area contributed by atoms with Crippen LogP contribution in [-0.4, -0.2) is 52.8 Å². The Hall–Kier alpha value is -2.08. The van der Waals surface area contributed by atoms with Crippen molar-refractivity contribution in [1.82, 2.24) is 8.87 Å². The molecule has 10 heteroatoms. The topological polar surface area (TPSA) is 98.0 Å². The van der Waals surface area contributed by atoms with Gasteiger partial charge in [-0.3, -0.25) is 13.7 Å². The molecule has 1 aliphatic rings. The quantitative estimate of drug-likeness (QED) is 0.468. The van der Waals surface area contributed by atoms with Crippen LogP contribution in [0, 0.1) is 5.82 Å². The smallest absolute Gasteiger partial charge is 0.419 e. The monoisotopic (exact) mass is 494 g/mol. The summed E-state index contributed by atoms with van der Waals surface area (Å²) >= 11 is -1.05. The lowest BCUT2D eigenvalue weighted by atomic mass is 10.0. The van der Waals surface area contributed by atoms with E-state index < -0.39 is 39.5 Å². The van der Waals surface area contributed by atoms with Gasteiger partial charge in [0.25, 0.3) is 0 Å². The van der Waals surface area contributed by atoms with Crippen molar-refractivity contribution in [3.05, 3.63) is 54.0 Å². The summed E-state index contributed by atoms with van der Waals surface area (Å²) in [6.07, 6.45) is 2.58. The SMILES string of the molecule is C[S+]([O-])CCN1Cc2cc(-c3cn(C(=O)OC(C)(C)C)c4cc(F)ccc34)ccc2S1(O)O. The highest BCUT2D eigenvalue weighted by Crippen LogP contribution is 2.59. The Balaban J connectivity index is 1.76. The van der Waals surface area contributed by atoms with Crippen LogP contribution in [0.15, 0.2) is 47.5 Å². The summed E-state index contributed by atoms with van der Waals surface area (Å²) in [5, 5.41) is 0.671. The number of hydrogen-bond acceptors (Lipinski definition) is 6. The molecule has 2 heterocycles. The molecule has 0 saturated carbocycles. The minimum atomic E-state index is -3.15. The first-order valence-electron chi connectivity index (χ1n) is 10.4. The second-order valence-electron chi connectivity index (χ2n) is 9.04. The Kier molecular flexibility index (Phi) is 6.27. The third-order valence-electron chi connectivity index (χ3n) is 5.36. The highest BCUT2D eigenvalue weighted by atomic mass is 32.3. The number of carbonyl (C=O) groups is 1. The van der Waals surface area contributed by atoms with Gasteiger partial charge in [-0.05, 0) is 62.2 Å². The van der Waals surface area contributed by atoms with Gasteiger partial charge in [-0.2, -0.15) is 4.31 Å². The molecule has 2 N–H and O–H groups in total. The third kappa shape index (κ3) is 4.77. The highest BCUT2D eigenvalue weighted by molar-refractivity contribution is 8.22. The van der Waals surface area contributed by atoms with E-state index in [-0.39, 0.29) is 0 Å². The fourth-order valence-electron chi connectivity index (χ4n) is 3.89. The van der Waals surface area contributed by atoms with Gasteiger partial charge < -0.3 is 9.29 Å². The fourth-order valence-corrected chi connectivity index (χ4v) is 6.15. The van der Waals surface area contributed by atoms with Crippen LogP contribution in [-0.2, 0) is 22.5 Å². The lowest BCUT2D eigenvalue weighted by molar-refractivity contribution is 0.0544. The molecule has 0 radical (unpaired) electrons. The molecule has 3 aromatic rings. The minimum absolute atomic E-state index is 0.298. The lowest BCUT2D eigenvalue weighted by Gasteiger charge is -2.36. The number of ether oxygens (including phenoxy) is 1. The molecule has 7 nitrogen and oxygen atoms in total. The summed E-state index contributed by atoms with van der Waals surface area (Å²) in [4.78, 5) is 13.2. The molecule has 1 unspecified atom stereocenters. The summed E-state index contributed by atoms with van der Waals surface area (Å²) in [5.41, 5.74) is 1.87. The van der Waals surface area contributed by atoms with Crippen LogP contribution in [0.4, 0.5) is 9.18 Å². The van der Waals surface area contributed by atoms with E-state index in [9.17, 15) is 22.8 Å². The predicted molar refractivity (Wildman–Crippen MR) is 129 cm³/mol. The van der Waals surface area contributed by atoms with E-state index in [0.29, 0.717) is 40.2 Å². The Labute approximate surface area is 196 Å². The maximum atomic E-state index is 14.0. The van der Waals surface area contributed by atoms with E-state index in [1.165, 1.54) is 16.7 Å². The lowest BCUT2D eigenvalue weighted by Crippen LogP contribution is -2.27.